The normalized spacial score (nSPS) is 36.8. The van der Waals surface area contributed by atoms with E-state index < -0.39 is 5.60 Å². The van der Waals surface area contributed by atoms with E-state index in [4.69, 9.17) is 10.5 Å². The lowest BCUT2D eigenvalue weighted by atomic mass is 9.48. The molecule has 4 aliphatic carbocycles. The lowest BCUT2D eigenvalue weighted by Crippen LogP contribution is -2.48. The van der Waals surface area contributed by atoms with E-state index >= 15 is 0 Å². The van der Waals surface area contributed by atoms with Crippen molar-refractivity contribution in [1.29, 1.82) is 0 Å². The number of nitrogens with one attached hydrogen (secondary N) is 1. The Morgan fingerprint density at radius 1 is 1.17 bits per heavy atom. The van der Waals surface area contributed by atoms with E-state index in [1.165, 1.54) is 44.9 Å². The van der Waals surface area contributed by atoms with Crippen LogP contribution >= 0.6 is 0 Å². The van der Waals surface area contributed by atoms with Crippen molar-refractivity contribution in [2.24, 2.45) is 34.8 Å². The third-order valence-corrected chi connectivity index (χ3v) is 6.15. The van der Waals surface area contributed by atoms with Gasteiger partial charge in [0, 0.05) is 6.54 Å². The van der Waals surface area contributed by atoms with Crippen LogP contribution in [-0.2, 0) is 4.74 Å². The summed E-state index contributed by atoms with van der Waals surface area (Å²) in [7, 11) is 0. The Kier molecular flexibility index (Phi) is 4.65. The minimum Gasteiger partial charge on any atom is -0.444 e. The van der Waals surface area contributed by atoms with E-state index in [1.54, 1.807) is 0 Å². The Labute approximate surface area is 140 Å². The zero-order valence-electron chi connectivity index (χ0n) is 15.1. The molecule has 0 aliphatic heterocycles. The summed E-state index contributed by atoms with van der Waals surface area (Å²) < 4.78 is 5.34. The maximum absolute atomic E-state index is 11.9. The van der Waals surface area contributed by atoms with Crippen LogP contribution in [-0.4, -0.2) is 24.8 Å². The number of hydrogen-bond acceptors (Lipinski definition) is 3. The van der Waals surface area contributed by atoms with Crippen LogP contribution in [0.4, 0.5) is 4.79 Å². The highest BCUT2D eigenvalue weighted by atomic mass is 16.6. The quantitative estimate of drug-likeness (QED) is 0.811. The first-order valence-electron chi connectivity index (χ1n) is 9.44. The molecule has 0 spiro atoms. The van der Waals surface area contributed by atoms with Gasteiger partial charge in [0.05, 0.1) is 0 Å². The molecule has 0 aromatic carbocycles. The summed E-state index contributed by atoms with van der Waals surface area (Å²) in [4.78, 5) is 11.9. The monoisotopic (exact) mass is 322 g/mol. The molecule has 1 amide bonds. The van der Waals surface area contributed by atoms with Gasteiger partial charge in [-0.3, -0.25) is 0 Å². The van der Waals surface area contributed by atoms with Gasteiger partial charge in [0.25, 0.3) is 0 Å². The third kappa shape index (κ3) is 4.20. The molecule has 4 fully saturated rings. The van der Waals surface area contributed by atoms with E-state index in [-0.39, 0.29) is 6.09 Å². The Balaban J connectivity index is 1.52. The molecule has 0 radical (unpaired) electrons. The average Bonchev–Trinajstić information content (AvgIpc) is 2.40. The van der Waals surface area contributed by atoms with Crippen LogP contribution in [0.2, 0.25) is 0 Å². The molecule has 4 nitrogen and oxygen atoms in total. The average molecular weight is 322 g/mol. The first kappa shape index (κ1) is 17.1. The highest BCUT2D eigenvalue weighted by Crippen LogP contribution is 2.61. The first-order valence-corrected chi connectivity index (χ1v) is 9.44. The summed E-state index contributed by atoms with van der Waals surface area (Å²) in [6, 6.07) is 0. The molecule has 4 rings (SSSR count). The molecule has 1 unspecified atom stereocenters. The van der Waals surface area contributed by atoms with Crippen molar-refractivity contribution in [1.82, 2.24) is 5.32 Å². The molecule has 4 saturated carbocycles. The molecular formula is C19H34N2O2. The Bertz CT molecular complexity index is 406. The predicted octanol–water partition coefficient (Wildman–Crippen LogP) is 3.69. The van der Waals surface area contributed by atoms with E-state index in [0.717, 1.165) is 17.8 Å². The molecule has 3 N–H and O–H groups in total. The minimum absolute atomic E-state index is 0.318. The van der Waals surface area contributed by atoms with Crippen molar-refractivity contribution in [3.05, 3.63) is 0 Å². The van der Waals surface area contributed by atoms with Gasteiger partial charge in [0.1, 0.15) is 5.60 Å². The summed E-state index contributed by atoms with van der Waals surface area (Å²) in [6.45, 7) is 6.97. The van der Waals surface area contributed by atoms with E-state index in [0.29, 0.717) is 24.4 Å². The zero-order valence-corrected chi connectivity index (χ0v) is 15.1. The molecule has 4 heteroatoms. The highest BCUT2D eigenvalue weighted by molar-refractivity contribution is 5.67. The molecule has 4 aliphatic rings. The summed E-state index contributed by atoms with van der Waals surface area (Å²) in [5, 5.41) is 2.93. The van der Waals surface area contributed by atoms with Gasteiger partial charge in [0.2, 0.25) is 0 Å². The van der Waals surface area contributed by atoms with Gasteiger partial charge < -0.3 is 15.8 Å². The molecule has 0 saturated heterocycles. The summed E-state index contributed by atoms with van der Waals surface area (Å²) in [6.07, 6.45) is 9.50. The van der Waals surface area contributed by atoms with Crippen molar-refractivity contribution >= 4 is 6.09 Å². The number of rotatable bonds is 5. The van der Waals surface area contributed by atoms with E-state index in [1.807, 2.05) is 20.8 Å². The number of carbonyl (C=O) groups excluding carboxylic acids is 1. The molecule has 1 atom stereocenters. The van der Waals surface area contributed by atoms with Crippen molar-refractivity contribution in [3.63, 3.8) is 0 Å². The molecule has 23 heavy (non-hydrogen) atoms. The molecule has 132 valence electrons. The van der Waals surface area contributed by atoms with E-state index in [2.05, 4.69) is 5.32 Å². The minimum atomic E-state index is -0.442. The maximum Gasteiger partial charge on any atom is 0.407 e. The number of alkyl carbamates (subject to hydrolysis) is 1. The second kappa shape index (κ2) is 6.27. The Morgan fingerprint density at radius 3 is 2.13 bits per heavy atom. The molecule has 4 bridgehead atoms. The number of ether oxygens (including phenoxy) is 1. The fourth-order valence-electron chi connectivity index (χ4n) is 5.93. The van der Waals surface area contributed by atoms with Gasteiger partial charge in [-0.05, 0) is 101 Å². The fraction of sp³-hybridized carbons (Fsp3) is 0.947. The van der Waals surface area contributed by atoms with Crippen LogP contribution in [0, 0.1) is 29.1 Å². The van der Waals surface area contributed by atoms with Crippen LogP contribution in [0.15, 0.2) is 0 Å². The summed E-state index contributed by atoms with van der Waals surface area (Å²) >= 11 is 0. The van der Waals surface area contributed by atoms with Crippen LogP contribution in [0.25, 0.3) is 0 Å². The SMILES string of the molecule is CC(C)(C)OC(=O)NCC(CN)CC12CC3CC(CC(C3)C1)C2. The number of carbonyl (C=O) groups is 1. The fourth-order valence-corrected chi connectivity index (χ4v) is 5.93. The molecule has 0 aromatic heterocycles. The standard InChI is InChI=1S/C19H34N2O2/c1-18(2,3)23-17(22)21-12-16(11-20)10-19-7-13-4-14(8-19)6-15(5-13)9-19/h13-16H,4-12,20H2,1-3H3,(H,21,22). The third-order valence-electron chi connectivity index (χ3n) is 6.15. The smallest absolute Gasteiger partial charge is 0.407 e. The predicted molar refractivity (Wildman–Crippen MR) is 92.0 cm³/mol. The Hall–Kier alpha value is -0.770. The lowest BCUT2D eigenvalue weighted by Gasteiger charge is -2.57. The largest absolute Gasteiger partial charge is 0.444 e. The van der Waals surface area contributed by atoms with Crippen molar-refractivity contribution < 1.29 is 9.53 Å². The zero-order chi connectivity index (χ0) is 16.7. The maximum atomic E-state index is 11.9. The summed E-state index contributed by atoms with van der Waals surface area (Å²) in [5.41, 5.74) is 6.10. The Morgan fingerprint density at radius 2 is 1.70 bits per heavy atom. The number of amides is 1. The molecule has 0 aromatic rings. The van der Waals surface area contributed by atoms with Gasteiger partial charge in [-0.25, -0.2) is 4.79 Å². The first-order chi connectivity index (χ1) is 10.8. The van der Waals surface area contributed by atoms with Gasteiger partial charge >= 0.3 is 6.09 Å². The van der Waals surface area contributed by atoms with Gasteiger partial charge in [0.15, 0.2) is 0 Å². The van der Waals surface area contributed by atoms with E-state index in [9.17, 15) is 4.79 Å². The van der Waals surface area contributed by atoms with Crippen LogP contribution in [0.1, 0.15) is 65.7 Å². The van der Waals surface area contributed by atoms with Gasteiger partial charge in [-0.15, -0.1) is 0 Å². The second-order valence-electron chi connectivity index (χ2n) is 9.61. The van der Waals surface area contributed by atoms with Gasteiger partial charge in [-0.1, -0.05) is 0 Å². The van der Waals surface area contributed by atoms with Crippen LogP contribution in [0.3, 0.4) is 0 Å². The van der Waals surface area contributed by atoms with Crippen molar-refractivity contribution in [3.8, 4) is 0 Å². The lowest BCUT2D eigenvalue weighted by molar-refractivity contribution is -0.0647. The van der Waals surface area contributed by atoms with Crippen LogP contribution < -0.4 is 11.1 Å². The van der Waals surface area contributed by atoms with Gasteiger partial charge in [-0.2, -0.15) is 0 Å². The number of hydrogen-bond donors (Lipinski definition) is 2. The summed E-state index contributed by atoms with van der Waals surface area (Å²) in [5.74, 6) is 3.29. The number of nitrogens with two attached hydrogens (primary N) is 1. The molecular weight excluding hydrogens is 288 g/mol. The van der Waals surface area contributed by atoms with Crippen LogP contribution in [0.5, 0.6) is 0 Å². The highest BCUT2D eigenvalue weighted by Gasteiger charge is 2.51. The topological polar surface area (TPSA) is 64.3 Å². The second-order valence-corrected chi connectivity index (χ2v) is 9.61. The van der Waals surface area contributed by atoms with Crippen molar-refractivity contribution in [2.75, 3.05) is 13.1 Å². The molecule has 0 heterocycles. The van der Waals surface area contributed by atoms with Crippen molar-refractivity contribution in [2.45, 2.75) is 71.3 Å².